The average Bonchev–Trinajstić information content (AvgIpc) is 2.42. The van der Waals surface area contributed by atoms with Gasteiger partial charge in [-0.3, -0.25) is 9.59 Å². The van der Waals surface area contributed by atoms with Crippen LogP contribution in [-0.4, -0.2) is 28.9 Å². The average molecular weight is 292 g/mol. The summed E-state index contributed by atoms with van der Waals surface area (Å²) >= 11 is 0. The van der Waals surface area contributed by atoms with Crippen molar-refractivity contribution in [3.63, 3.8) is 0 Å². The lowest BCUT2D eigenvalue weighted by Gasteiger charge is -2.21. The molecule has 1 aromatic rings. The zero-order valence-electron chi connectivity index (χ0n) is 12.1. The van der Waals surface area contributed by atoms with Gasteiger partial charge >= 0.3 is 5.97 Å². The van der Waals surface area contributed by atoms with Crippen molar-refractivity contribution in [3.05, 3.63) is 35.9 Å². The highest BCUT2D eigenvalue weighted by Crippen LogP contribution is 2.10. The fourth-order valence-electron chi connectivity index (χ4n) is 1.94. The minimum atomic E-state index is -1.14. The number of aliphatic carboxylic acids is 1. The predicted octanol–water partition coefficient (Wildman–Crippen LogP) is 0.556. The molecule has 0 saturated heterocycles. The molecule has 2 atom stereocenters. The number of rotatable bonds is 7. The Labute approximate surface area is 123 Å². The van der Waals surface area contributed by atoms with Gasteiger partial charge in [0.2, 0.25) is 11.8 Å². The van der Waals surface area contributed by atoms with Gasteiger partial charge in [0.15, 0.2) is 0 Å². The highest BCUT2D eigenvalue weighted by Gasteiger charge is 2.30. The van der Waals surface area contributed by atoms with Crippen LogP contribution in [0.4, 0.5) is 0 Å². The maximum absolute atomic E-state index is 12.1. The second-order valence-electron chi connectivity index (χ2n) is 5.21. The molecule has 2 amide bonds. The molecule has 0 saturated carbocycles. The molecule has 0 unspecified atom stereocenters. The molecule has 114 valence electrons. The SMILES string of the molecule is CC(C)[C@H](NC(=O)[C@H](Cc1ccccc1)C(N)=O)C(=O)O. The summed E-state index contributed by atoms with van der Waals surface area (Å²) in [4.78, 5) is 34.7. The molecule has 0 aliphatic carbocycles. The van der Waals surface area contributed by atoms with Crippen LogP contribution >= 0.6 is 0 Å². The molecular weight excluding hydrogens is 272 g/mol. The third-order valence-corrected chi connectivity index (χ3v) is 3.17. The molecule has 6 nitrogen and oxygen atoms in total. The summed E-state index contributed by atoms with van der Waals surface area (Å²) in [7, 11) is 0. The lowest BCUT2D eigenvalue weighted by Crippen LogP contribution is -2.49. The second-order valence-corrected chi connectivity index (χ2v) is 5.21. The van der Waals surface area contributed by atoms with Gasteiger partial charge in [-0.15, -0.1) is 0 Å². The van der Waals surface area contributed by atoms with E-state index >= 15 is 0 Å². The lowest BCUT2D eigenvalue weighted by molar-refractivity contribution is -0.145. The summed E-state index contributed by atoms with van der Waals surface area (Å²) < 4.78 is 0. The molecule has 6 heteroatoms. The van der Waals surface area contributed by atoms with Gasteiger partial charge in [0.25, 0.3) is 0 Å². The van der Waals surface area contributed by atoms with Crippen molar-refractivity contribution in [2.24, 2.45) is 17.6 Å². The number of nitrogens with one attached hydrogen (secondary N) is 1. The number of hydrogen-bond acceptors (Lipinski definition) is 3. The zero-order valence-corrected chi connectivity index (χ0v) is 12.1. The first kappa shape index (κ1) is 16.7. The summed E-state index contributed by atoms with van der Waals surface area (Å²) in [5.74, 6) is -3.96. The van der Waals surface area contributed by atoms with Gasteiger partial charge in [-0.05, 0) is 17.9 Å². The van der Waals surface area contributed by atoms with E-state index in [-0.39, 0.29) is 12.3 Å². The van der Waals surface area contributed by atoms with E-state index in [9.17, 15) is 14.4 Å². The molecule has 4 N–H and O–H groups in total. The summed E-state index contributed by atoms with van der Waals surface area (Å²) in [5, 5.41) is 11.5. The quantitative estimate of drug-likeness (QED) is 0.638. The summed E-state index contributed by atoms with van der Waals surface area (Å²) in [6.45, 7) is 3.35. The Morgan fingerprint density at radius 2 is 1.76 bits per heavy atom. The van der Waals surface area contributed by atoms with Crippen molar-refractivity contribution in [2.75, 3.05) is 0 Å². The Balaban J connectivity index is 2.83. The number of nitrogens with two attached hydrogens (primary N) is 1. The van der Waals surface area contributed by atoms with E-state index < -0.39 is 29.7 Å². The van der Waals surface area contributed by atoms with Crippen LogP contribution in [0.25, 0.3) is 0 Å². The van der Waals surface area contributed by atoms with E-state index in [0.717, 1.165) is 5.56 Å². The number of carboxylic acid groups (broad SMARTS) is 1. The van der Waals surface area contributed by atoms with E-state index in [2.05, 4.69) is 5.32 Å². The first-order chi connectivity index (χ1) is 9.82. The standard InChI is InChI=1S/C15H20N2O4/c1-9(2)12(15(20)21)17-14(19)11(13(16)18)8-10-6-4-3-5-7-10/h3-7,9,11-12H,8H2,1-2H3,(H2,16,18)(H,17,19)(H,20,21)/t11-,12+/m1/s1. The summed E-state index contributed by atoms with van der Waals surface area (Å²) in [6, 6.07) is 7.91. The van der Waals surface area contributed by atoms with Gasteiger partial charge in [-0.2, -0.15) is 0 Å². The van der Waals surface area contributed by atoms with Gasteiger partial charge in [-0.25, -0.2) is 4.79 Å². The highest BCUT2D eigenvalue weighted by atomic mass is 16.4. The number of amides is 2. The van der Waals surface area contributed by atoms with Gasteiger partial charge in [0, 0.05) is 0 Å². The monoisotopic (exact) mass is 292 g/mol. The minimum Gasteiger partial charge on any atom is -0.480 e. The topological polar surface area (TPSA) is 109 Å². The van der Waals surface area contributed by atoms with Gasteiger partial charge in [0.05, 0.1) is 0 Å². The number of carbonyl (C=O) groups is 3. The Kier molecular flexibility index (Phi) is 5.90. The molecular formula is C15H20N2O4. The third-order valence-electron chi connectivity index (χ3n) is 3.17. The van der Waals surface area contributed by atoms with Gasteiger partial charge in [0.1, 0.15) is 12.0 Å². The van der Waals surface area contributed by atoms with E-state index in [4.69, 9.17) is 10.8 Å². The smallest absolute Gasteiger partial charge is 0.326 e. The Morgan fingerprint density at radius 3 is 2.19 bits per heavy atom. The fraction of sp³-hybridized carbons (Fsp3) is 0.400. The van der Waals surface area contributed by atoms with Crippen molar-refractivity contribution in [3.8, 4) is 0 Å². The fourth-order valence-corrected chi connectivity index (χ4v) is 1.94. The normalized spacial score (nSPS) is 13.5. The van der Waals surface area contributed by atoms with Crippen molar-refractivity contribution >= 4 is 17.8 Å². The molecule has 0 spiro atoms. The maximum atomic E-state index is 12.1. The van der Waals surface area contributed by atoms with E-state index in [0.29, 0.717) is 0 Å². The molecule has 0 heterocycles. The molecule has 0 fully saturated rings. The molecule has 0 bridgehead atoms. The largest absolute Gasteiger partial charge is 0.480 e. The number of benzene rings is 1. The highest BCUT2D eigenvalue weighted by molar-refractivity contribution is 6.01. The van der Waals surface area contributed by atoms with E-state index in [1.54, 1.807) is 38.1 Å². The Bertz CT molecular complexity index is 514. The molecule has 21 heavy (non-hydrogen) atoms. The van der Waals surface area contributed by atoms with Crippen LogP contribution in [0.1, 0.15) is 19.4 Å². The third kappa shape index (κ3) is 4.91. The van der Waals surface area contributed by atoms with Crippen LogP contribution in [-0.2, 0) is 20.8 Å². The summed E-state index contributed by atoms with van der Waals surface area (Å²) in [6.07, 6.45) is 0.145. The first-order valence-electron chi connectivity index (χ1n) is 6.69. The van der Waals surface area contributed by atoms with Crippen molar-refractivity contribution in [2.45, 2.75) is 26.3 Å². The lowest BCUT2D eigenvalue weighted by atomic mass is 9.96. The molecule has 0 aromatic heterocycles. The molecule has 1 aromatic carbocycles. The van der Waals surface area contributed by atoms with Crippen molar-refractivity contribution in [1.82, 2.24) is 5.32 Å². The van der Waals surface area contributed by atoms with E-state index in [1.165, 1.54) is 0 Å². The first-order valence-corrected chi connectivity index (χ1v) is 6.69. The van der Waals surface area contributed by atoms with Crippen LogP contribution < -0.4 is 11.1 Å². The second kappa shape index (κ2) is 7.42. The van der Waals surface area contributed by atoms with Crippen LogP contribution in [0.2, 0.25) is 0 Å². The molecule has 0 aliphatic rings. The zero-order chi connectivity index (χ0) is 16.0. The molecule has 1 rings (SSSR count). The molecule has 0 radical (unpaired) electrons. The number of carbonyl (C=O) groups excluding carboxylic acids is 2. The summed E-state index contributed by atoms with van der Waals surface area (Å²) in [5.41, 5.74) is 6.05. The number of hydrogen-bond donors (Lipinski definition) is 3. The van der Waals surface area contributed by atoms with Crippen molar-refractivity contribution < 1.29 is 19.5 Å². The van der Waals surface area contributed by atoms with Crippen LogP contribution in [0, 0.1) is 11.8 Å². The van der Waals surface area contributed by atoms with E-state index in [1.807, 2.05) is 6.07 Å². The van der Waals surface area contributed by atoms with Crippen LogP contribution in [0.15, 0.2) is 30.3 Å². The Morgan fingerprint density at radius 1 is 1.19 bits per heavy atom. The molecule has 0 aliphatic heterocycles. The van der Waals surface area contributed by atoms with Gasteiger partial charge in [-0.1, -0.05) is 44.2 Å². The van der Waals surface area contributed by atoms with Crippen molar-refractivity contribution in [1.29, 1.82) is 0 Å². The maximum Gasteiger partial charge on any atom is 0.326 e. The van der Waals surface area contributed by atoms with Crippen LogP contribution in [0.5, 0.6) is 0 Å². The number of carboxylic acids is 1. The van der Waals surface area contributed by atoms with Gasteiger partial charge < -0.3 is 16.2 Å². The Hall–Kier alpha value is -2.37. The predicted molar refractivity (Wildman–Crippen MR) is 77.2 cm³/mol. The number of primary amides is 1. The minimum absolute atomic E-state index is 0.145. The van der Waals surface area contributed by atoms with Crippen LogP contribution in [0.3, 0.4) is 0 Å².